The fourth-order valence-corrected chi connectivity index (χ4v) is 1.68. The van der Waals surface area contributed by atoms with Gasteiger partial charge in [0.2, 0.25) is 5.91 Å². The van der Waals surface area contributed by atoms with Gasteiger partial charge in [-0.15, -0.1) is 0 Å². The van der Waals surface area contributed by atoms with Crippen molar-refractivity contribution in [3.8, 4) is 5.75 Å². The molecular formula is C16H26N2O3. The van der Waals surface area contributed by atoms with Crippen LogP contribution in [-0.4, -0.2) is 32.3 Å². The molecule has 21 heavy (non-hydrogen) atoms. The fourth-order valence-electron chi connectivity index (χ4n) is 1.68. The Bertz CT molecular complexity index is 455. The predicted molar refractivity (Wildman–Crippen MR) is 83.1 cm³/mol. The van der Waals surface area contributed by atoms with E-state index in [4.69, 9.17) is 15.2 Å². The quantitative estimate of drug-likeness (QED) is 0.751. The van der Waals surface area contributed by atoms with E-state index >= 15 is 0 Å². The molecule has 118 valence electrons. The average Bonchev–Trinajstić information content (AvgIpc) is 2.44. The topological polar surface area (TPSA) is 73.6 Å². The molecular weight excluding hydrogens is 268 g/mol. The standard InChI is InChI=1S/C16H26N2O3/c1-16(2,3)14(17)15(19)18-11-12-6-5-7-13(10-12)21-9-8-20-4/h5-7,10,14H,8-9,11,17H2,1-4H3,(H,18,19)/t14-/m1/s1. The number of carbonyl (C=O) groups is 1. The Hall–Kier alpha value is -1.59. The zero-order chi connectivity index (χ0) is 15.9. The molecule has 1 aromatic rings. The Balaban J connectivity index is 2.52. The number of hydrogen-bond donors (Lipinski definition) is 2. The molecule has 1 aromatic carbocycles. The third kappa shape index (κ3) is 6.14. The van der Waals surface area contributed by atoms with Crippen molar-refractivity contribution in [2.24, 2.45) is 11.1 Å². The van der Waals surface area contributed by atoms with Crippen LogP contribution in [0.25, 0.3) is 0 Å². The van der Waals surface area contributed by atoms with Crippen LogP contribution in [0.3, 0.4) is 0 Å². The minimum absolute atomic E-state index is 0.145. The second kappa shape index (κ2) is 8.00. The molecule has 0 saturated heterocycles. The second-order valence-electron chi connectivity index (χ2n) is 6.05. The molecule has 1 amide bonds. The molecule has 5 heteroatoms. The van der Waals surface area contributed by atoms with Crippen LogP contribution in [0.15, 0.2) is 24.3 Å². The maximum Gasteiger partial charge on any atom is 0.237 e. The Morgan fingerprint density at radius 1 is 1.33 bits per heavy atom. The lowest BCUT2D eigenvalue weighted by molar-refractivity contribution is -0.124. The van der Waals surface area contributed by atoms with E-state index in [0.717, 1.165) is 11.3 Å². The first-order chi connectivity index (χ1) is 9.84. The molecule has 0 aliphatic carbocycles. The Labute approximate surface area is 126 Å². The van der Waals surface area contributed by atoms with E-state index in [1.54, 1.807) is 7.11 Å². The monoisotopic (exact) mass is 294 g/mol. The van der Waals surface area contributed by atoms with Crippen molar-refractivity contribution < 1.29 is 14.3 Å². The first kappa shape index (κ1) is 17.5. The zero-order valence-corrected chi connectivity index (χ0v) is 13.3. The van der Waals surface area contributed by atoms with E-state index in [1.165, 1.54) is 0 Å². The van der Waals surface area contributed by atoms with Crippen molar-refractivity contribution in [1.82, 2.24) is 5.32 Å². The third-order valence-corrected chi connectivity index (χ3v) is 3.14. The lowest BCUT2D eigenvalue weighted by Gasteiger charge is -2.25. The van der Waals surface area contributed by atoms with Gasteiger partial charge in [0, 0.05) is 13.7 Å². The minimum Gasteiger partial charge on any atom is -0.491 e. The number of nitrogens with one attached hydrogen (secondary N) is 1. The van der Waals surface area contributed by atoms with Crippen molar-refractivity contribution in [3.63, 3.8) is 0 Å². The number of carbonyl (C=O) groups excluding carboxylic acids is 1. The van der Waals surface area contributed by atoms with Crippen molar-refractivity contribution in [3.05, 3.63) is 29.8 Å². The molecule has 1 rings (SSSR count). The summed E-state index contributed by atoms with van der Waals surface area (Å²) in [4.78, 5) is 12.0. The molecule has 0 heterocycles. The molecule has 0 saturated carbocycles. The van der Waals surface area contributed by atoms with Crippen LogP contribution in [0.5, 0.6) is 5.75 Å². The highest BCUT2D eigenvalue weighted by Crippen LogP contribution is 2.17. The number of rotatable bonds is 7. The number of amides is 1. The van der Waals surface area contributed by atoms with Crippen molar-refractivity contribution in [2.75, 3.05) is 20.3 Å². The number of benzene rings is 1. The molecule has 1 atom stereocenters. The summed E-state index contributed by atoms with van der Waals surface area (Å²) in [6.45, 7) is 7.32. The summed E-state index contributed by atoms with van der Waals surface area (Å²) in [6.07, 6.45) is 0. The minimum atomic E-state index is -0.529. The maximum absolute atomic E-state index is 12.0. The average molecular weight is 294 g/mol. The van der Waals surface area contributed by atoms with Crippen molar-refractivity contribution in [2.45, 2.75) is 33.4 Å². The van der Waals surface area contributed by atoms with E-state index in [1.807, 2.05) is 45.0 Å². The lowest BCUT2D eigenvalue weighted by atomic mass is 9.87. The molecule has 3 N–H and O–H groups in total. The van der Waals surface area contributed by atoms with Crippen LogP contribution >= 0.6 is 0 Å². The van der Waals surface area contributed by atoms with Gasteiger partial charge in [0.25, 0.3) is 0 Å². The number of ether oxygens (including phenoxy) is 2. The summed E-state index contributed by atoms with van der Waals surface area (Å²) in [6, 6.07) is 7.08. The highest BCUT2D eigenvalue weighted by atomic mass is 16.5. The van der Waals surface area contributed by atoms with Crippen molar-refractivity contribution >= 4 is 5.91 Å². The van der Waals surface area contributed by atoms with Crippen LogP contribution in [-0.2, 0) is 16.1 Å². The van der Waals surface area contributed by atoms with E-state index < -0.39 is 6.04 Å². The van der Waals surface area contributed by atoms with E-state index in [2.05, 4.69) is 5.32 Å². The first-order valence-electron chi connectivity index (χ1n) is 7.08. The third-order valence-electron chi connectivity index (χ3n) is 3.14. The molecule has 0 radical (unpaired) electrons. The summed E-state index contributed by atoms with van der Waals surface area (Å²) in [5.74, 6) is 0.618. The van der Waals surface area contributed by atoms with Gasteiger partial charge >= 0.3 is 0 Å². The summed E-state index contributed by atoms with van der Waals surface area (Å²) in [5.41, 5.74) is 6.64. The molecule has 0 unspecified atom stereocenters. The van der Waals surface area contributed by atoms with Crippen LogP contribution in [0.1, 0.15) is 26.3 Å². The van der Waals surface area contributed by atoms with Gasteiger partial charge < -0.3 is 20.5 Å². The van der Waals surface area contributed by atoms with Gasteiger partial charge in [0.15, 0.2) is 0 Å². The number of hydrogen-bond acceptors (Lipinski definition) is 4. The van der Waals surface area contributed by atoms with Crippen LogP contribution in [0.4, 0.5) is 0 Å². The van der Waals surface area contributed by atoms with E-state index in [0.29, 0.717) is 19.8 Å². The Kier molecular flexibility index (Phi) is 6.65. The molecule has 0 aliphatic rings. The van der Waals surface area contributed by atoms with Gasteiger partial charge in [-0.1, -0.05) is 32.9 Å². The summed E-state index contributed by atoms with van der Waals surface area (Å²) >= 11 is 0. The SMILES string of the molecule is COCCOc1cccc(CNC(=O)[C@@H](N)C(C)(C)C)c1. The van der Waals surface area contributed by atoms with Gasteiger partial charge in [-0.05, 0) is 23.1 Å². The second-order valence-corrected chi connectivity index (χ2v) is 6.05. The van der Waals surface area contributed by atoms with Crippen LogP contribution in [0.2, 0.25) is 0 Å². The molecule has 0 aliphatic heterocycles. The van der Waals surface area contributed by atoms with Crippen molar-refractivity contribution in [1.29, 1.82) is 0 Å². The largest absolute Gasteiger partial charge is 0.491 e. The highest BCUT2D eigenvalue weighted by molar-refractivity contribution is 5.82. The summed E-state index contributed by atoms with van der Waals surface area (Å²) in [7, 11) is 1.63. The molecule has 0 fully saturated rings. The van der Waals surface area contributed by atoms with Gasteiger partial charge in [-0.25, -0.2) is 0 Å². The summed E-state index contributed by atoms with van der Waals surface area (Å²) < 4.78 is 10.5. The maximum atomic E-state index is 12.0. The molecule has 0 bridgehead atoms. The van der Waals surface area contributed by atoms with E-state index in [-0.39, 0.29) is 11.3 Å². The predicted octanol–water partition coefficient (Wildman–Crippen LogP) is 1.70. The highest BCUT2D eigenvalue weighted by Gasteiger charge is 2.27. The van der Waals surface area contributed by atoms with Gasteiger partial charge in [0.1, 0.15) is 12.4 Å². The normalized spacial score (nSPS) is 12.8. The first-order valence-corrected chi connectivity index (χ1v) is 7.08. The van der Waals surface area contributed by atoms with Crippen LogP contribution < -0.4 is 15.8 Å². The van der Waals surface area contributed by atoms with Crippen LogP contribution in [0, 0.1) is 5.41 Å². The zero-order valence-electron chi connectivity index (χ0n) is 13.3. The smallest absolute Gasteiger partial charge is 0.237 e. The fraction of sp³-hybridized carbons (Fsp3) is 0.562. The van der Waals surface area contributed by atoms with Gasteiger partial charge in [-0.3, -0.25) is 4.79 Å². The van der Waals surface area contributed by atoms with E-state index in [9.17, 15) is 4.79 Å². The summed E-state index contributed by atoms with van der Waals surface area (Å²) in [5, 5.41) is 2.86. The Morgan fingerprint density at radius 3 is 2.67 bits per heavy atom. The number of methoxy groups -OCH3 is 1. The number of nitrogens with two attached hydrogens (primary N) is 1. The van der Waals surface area contributed by atoms with Gasteiger partial charge in [-0.2, -0.15) is 0 Å². The molecule has 0 aromatic heterocycles. The lowest BCUT2D eigenvalue weighted by Crippen LogP contribution is -2.48. The Morgan fingerprint density at radius 2 is 2.05 bits per heavy atom. The molecule has 5 nitrogen and oxygen atoms in total. The molecule has 0 spiro atoms. The van der Waals surface area contributed by atoms with Gasteiger partial charge in [0.05, 0.1) is 12.6 Å².